The van der Waals surface area contributed by atoms with Gasteiger partial charge < -0.3 is 14.5 Å². The monoisotopic (exact) mass is 433 g/mol. The predicted molar refractivity (Wildman–Crippen MR) is 127 cm³/mol. The van der Waals surface area contributed by atoms with E-state index in [9.17, 15) is 9.59 Å². The number of nitrogens with one attached hydrogen (secondary N) is 1. The number of benzene rings is 2. The minimum Gasteiger partial charge on any atom is -0.476 e. The largest absolute Gasteiger partial charge is 0.476 e. The Kier molecular flexibility index (Phi) is 6.35. The molecular weight excluding hydrogens is 402 g/mol. The maximum Gasteiger partial charge on any atom is 0.258 e. The van der Waals surface area contributed by atoms with E-state index in [4.69, 9.17) is 9.15 Å². The third-order valence-electron chi connectivity index (χ3n) is 6.09. The molecule has 168 valence electrons. The molecule has 5 heteroatoms. The van der Waals surface area contributed by atoms with Crippen LogP contribution in [0.4, 0.5) is 0 Å². The first-order valence-corrected chi connectivity index (χ1v) is 11.4. The Labute approximate surface area is 188 Å². The molecule has 0 aliphatic heterocycles. The van der Waals surface area contributed by atoms with E-state index in [0.717, 1.165) is 31.2 Å². The van der Waals surface area contributed by atoms with Gasteiger partial charge in [0.05, 0.1) is 5.39 Å². The van der Waals surface area contributed by atoms with Crippen LogP contribution in [0.2, 0.25) is 0 Å². The first-order valence-electron chi connectivity index (χ1n) is 11.4. The van der Waals surface area contributed by atoms with Crippen molar-refractivity contribution < 1.29 is 13.9 Å². The summed E-state index contributed by atoms with van der Waals surface area (Å²) in [5.41, 5.74) is 2.15. The van der Waals surface area contributed by atoms with E-state index < -0.39 is 0 Å². The van der Waals surface area contributed by atoms with E-state index in [2.05, 4.69) is 26.1 Å². The number of amides is 1. The molecule has 4 rings (SSSR count). The molecule has 0 atom stereocenters. The van der Waals surface area contributed by atoms with Gasteiger partial charge in [0, 0.05) is 11.6 Å². The highest BCUT2D eigenvalue weighted by Gasteiger charge is 2.21. The fourth-order valence-corrected chi connectivity index (χ4v) is 4.22. The van der Waals surface area contributed by atoms with Crippen molar-refractivity contribution in [1.29, 1.82) is 0 Å². The summed E-state index contributed by atoms with van der Waals surface area (Å²) in [6.07, 6.45) is 5.48. The lowest BCUT2D eigenvalue weighted by Crippen LogP contribution is -2.39. The molecule has 1 heterocycles. The molecule has 0 saturated heterocycles. The number of rotatable bonds is 5. The van der Waals surface area contributed by atoms with Crippen molar-refractivity contribution in [2.75, 3.05) is 6.61 Å². The highest BCUT2D eigenvalue weighted by Crippen LogP contribution is 2.32. The summed E-state index contributed by atoms with van der Waals surface area (Å²) in [4.78, 5) is 25.7. The van der Waals surface area contributed by atoms with Crippen LogP contribution in [-0.2, 0) is 10.2 Å². The van der Waals surface area contributed by atoms with Gasteiger partial charge in [-0.1, -0.05) is 76.4 Å². The predicted octanol–water partition coefficient (Wildman–Crippen LogP) is 5.59. The van der Waals surface area contributed by atoms with E-state index >= 15 is 0 Å². The molecule has 1 saturated carbocycles. The minimum absolute atomic E-state index is 0.0132. The number of carbonyl (C=O) groups is 1. The zero-order valence-electron chi connectivity index (χ0n) is 19.1. The Morgan fingerprint density at radius 3 is 2.41 bits per heavy atom. The quantitative estimate of drug-likeness (QED) is 0.570. The summed E-state index contributed by atoms with van der Waals surface area (Å²) in [6.45, 7) is 6.24. The fourth-order valence-electron chi connectivity index (χ4n) is 4.22. The summed E-state index contributed by atoms with van der Waals surface area (Å²) in [5, 5.41) is 3.47. The van der Waals surface area contributed by atoms with Gasteiger partial charge in [-0.05, 0) is 36.0 Å². The molecule has 32 heavy (non-hydrogen) atoms. The molecule has 1 aliphatic rings. The van der Waals surface area contributed by atoms with Crippen LogP contribution in [-0.4, -0.2) is 18.6 Å². The average Bonchev–Trinajstić information content (AvgIpc) is 2.78. The SMILES string of the molecule is CC(C)(C)c1ccc(-c2oc3ccccc3c(=O)c2OCC(=O)NC2CCCCC2)cc1. The second-order valence-corrected chi connectivity index (χ2v) is 9.60. The molecular formula is C27H31NO4. The summed E-state index contributed by atoms with van der Waals surface area (Å²) >= 11 is 0. The second kappa shape index (κ2) is 9.19. The van der Waals surface area contributed by atoms with Gasteiger partial charge in [0.15, 0.2) is 12.4 Å². The van der Waals surface area contributed by atoms with Crippen LogP contribution in [0, 0.1) is 0 Å². The minimum atomic E-state index is -0.271. The number of para-hydroxylation sites is 1. The van der Waals surface area contributed by atoms with Crippen molar-refractivity contribution in [2.45, 2.75) is 64.3 Å². The molecule has 0 unspecified atom stereocenters. The number of carbonyl (C=O) groups excluding carboxylic acids is 1. The molecule has 0 bridgehead atoms. The van der Waals surface area contributed by atoms with Crippen molar-refractivity contribution in [3.05, 3.63) is 64.3 Å². The van der Waals surface area contributed by atoms with Crippen molar-refractivity contribution in [3.63, 3.8) is 0 Å². The zero-order chi connectivity index (χ0) is 22.7. The number of hydrogen-bond donors (Lipinski definition) is 1. The topological polar surface area (TPSA) is 68.5 Å². The van der Waals surface area contributed by atoms with E-state index in [-0.39, 0.29) is 35.1 Å². The highest BCUT2D eigenvalue weighted by atomic mass is 16.5. The van der Waals surface area contributed by atoms with Crippen molar-refractivity contribution in [3.8, 4) is 17.1 Å². The molecule has 1 aromatic heterocycles. The summed E-state index contributed by atoms with van der Waals surface area (Å²) in [7, 11) is 0. The van der Waals surface area contributed by atoms with E-state index in [1.165, 1.54) is 12.0 Å². The highest BCUT2D eigenvalue weighted by molar-refractivity contribution is 5.83. The van der Waals surface area contributed by atoms with Gasteiger partial charge in [-0.25, -0.2) is 0 Å². The van der Waals surface area contributed by atoms with Gasteiger partial charge in [0.25, 0.3) is 5.91 Å². The number of fused-ring (bicyclic) bond motifs is 1. The molecule has 2 aromatic carbocycles. The maximum absolute atomic E-state index is 13.2. The lowest BCUT2D eigenvalue weighted by molar-refractivity contribution is -0.124. The molecule has 0 radical (unpaired) electrons. The van der Waals surface area contributed by atoms with Gasteiger partial charge in [0.1, 0.15) is 5.58 Å². The number of hydrogen-bond acceptors (Lipinski definition) is 4. The smallest absolute Gasteiger partial charge is 0.258 e. The van der Waals surface area contributed by atoms with Gasteiger partial charge in [0.2, 0.25) is 11.2 Å². The normalized spacial score (nSPS) is 15.0. The Morgan fingerprint density at radius 1 is 1.03 bits per heavy atom. The van der Waals surface area contributed by atoms with Crippen LogP contribution < -0.4 is 15.5 Å². The lowest BCUT2D eigenvalue weighted by atomic mass is 9.86. The van der Waals surface area contributed by atoms with E-state index in [1.54, 1.807) is 18.2 Å². The van der Waals surface area contributed by atoms with Crippen LogP contribution in [0.5, 0.6) is 5.75 Å². The molecule has 1 N–H and O–H groups in total. The summed E-state index contributed by atoms with van der Waals surface area (Å²) in [5.74, 6) is 0.212. The van der Waals surface area contributed by atoms with Crippen molar-refractivity contribution in [2.24, 2.45) is 0 Å². The molecule has 1 amide bonds. The second-order valence-electron chi connectivity index (χ2n) is 9.60. The van der Waals surface area contributed by atoms with Gasteiger partial charge in [-0.2, -0.15) is 0 Å². The molecule has 1 aliphatic carbocycles. The molecule has 1 fully saturated rings. The zero-order valence-corrected chi connectivity index (χ0v) is 19.1. The van der Waals surface area contributed by atoms with E-state index in [0.29, 0.717) is 16.7 Å². The fraction of sp³-hybridized carbons (Fsp3) is 0.407. The van der Waals surface area contributed by atoms with Crippen LogP contribution >= 0.6 is 0 Å². The Morgan fingerprint density at radius 2 is 1.72 bits per heavy atom. The Balaban J connectivity index is 1.65. The summed E-state index contributed by atoms with van der Waals surface area (Å²) in [6, 6.07) is 15.2. The Bertz CT molecular complexity index is 1150. The third kappa shape index (κ3) is 4.87. The molecule has 0 spiro atoms. The van der Waals surface area contributed by atoms with Gasteiger partial charge in [-0.3, -0.25) is 9.59 Å². The number of ether oxygens (including phenoxy) is 1. The third-order valence-corrected chi connectivity index (χ3v) is 6.09. The molecule has 5 nitrogen and oxygen atoms in total. The first-order chi connectivity index (χ1) is 15.3. The van der Waals surface area contributed by atoms with Crippen LogP contribution in [0.25, 0.3) is 22.3 Å². The van der Waals surface area contributed by atoms with Crippen LogP contribution in [0.1, 0.15) is 58.4 Å². The lowest BCUT2D eigenvalue weighted by Gasteiger charge is -2.22. The maximum atomic E-state index is 13.2. The van der Waals surface area contributed by atoms with E-state index in [1.807, 2.05) is 30.3 Å². The standard InChI is InChI=1S/C27H31NO4/c1-27(2,3)19-15-13-18(14-16-19)25-26(24(30)21-11-7-8-12-22(21)32-25)31-17-23(29)28-20-9-5-4-6-10-20/h7-8,11-16,20H,4-6,9-10,17H2,1-3H3,(H,28,29). The summed E-state index contributed by atoms with van der Waals surface area (Å²) < 4.78 is 11.9. The van der Waals surface area contributed by atoms with Gasteiger partial charge >= 0.3 is 0 Å². The van der Waals surface area contributed by atoms with Crippen LogP contribution in [0.3, 0.4) is 0 Å². The van der Waals surface area contributed by atoms with Crippen molar-refractivity contribution >= 4 is 16.9 Å². The average molecular weight is 434 g/mol. The van der Waals surface area contributed by atoms with Gasteiger partial charge in [-0.15, -0.1) is 0 Å². The first kappa shape index (κ1) is 22.1. The van der Waals surface area contributed by atoms with Crippen molar-refractivity contribution in [1.82, 2.24) is 5.32 Å². The Hall–Kier alpha value is -3.08. The van der Waals surface area contributed by atoms with Crippen LogP contribution in [0.15, 0.2) is 57.7 Å². The molecule has 3 aromatic rings.